The van der Waals surface area contributed by atoms with Gasteiger partial charge in [-0.05, 0) is 26.7 Å². The molecule has 0 atom stereocenters. The van der Waals surface area contributed by atoms with Crippen LogP contribution in [0.4, 0.5) is 0 Å². The van der Waals surface area contributed by atoms with Gasteiger partial charge in [0.2, 0.25) is 0 Å². The average molecular weight is 646 g/mol. The van der Waals surface area contributed by atoms with Gasteiger partial charge in [-0.2, -0.15) is 0 Å². The first-order valence-electron chi connectivity index (χ1n) is 20.0. The molecule has 0 fully saturated rings. The standard InChI is InChI=1S/C41H75NO4/c1-5-7-9-11-13-15-17-19-21-23-25-27-29-31-33-45-40(43)38-35-39(37(4)42-36(38)3)41(44)46-34-32-30-28-26-24-22-20-18-16-14-12-10-8-6-2/h42H,5-35H2,1-4H3. The van der Waals surface area contributed by atoms with Crippen molar-refractivity contribution in [3.05, 3.63) is 22.5 Å². The predicted molar refractivity (Wildman–Crippen MR) is 196 cm³/mol. The predicted octanol–water partition coefficient (Wildman–Crippen LogP) is 12.6. The van der Waals surface area contributed by atoms with Gasteiger partial charge in [0.05, 0.1) is 24.4 Å². The Bertz CT molecular complexity index is 764. The first-order chi connectivity index (χ1) is 22.5. The number of esters is 2. The fourth-order valence-electron chi connectivity index (χ4n) is 6.42. The summed E-state index contributed by atoms with van der Waals surface area (Å²) in [6.45, 7) is 9.18. The summed E-state index contributed by atoms with van der Waals surface area (Å²) in [5.41, 5.74) is 2.62. The van der Waals surface area contributed by atoms with Gasteiger partial charge in [-0.1, -0.05) is 181 Å². The van der Waals surface area contributed by atoms with E-state index in [1.807, 2.05) is 13.8 Å². The lowest BCUT2D eigenvalue weighted by Gasteiger charge is -2.22. The molecule has 0 amide bonds. The minimum absolute atomic E-state index is 0.278. The summed E-state index contributed by atoms with van der Waals surface area (Å²) in [7, 11) is 0. The highest BCUT2D eigenvalue weighted by Crippen LogP contribution is 2.25. The van der Waals surface area contributed by atoms with Gasteiger partial charge in [-0.15, -0.1) is 0 Å². The van der Waals surface area contributed by atoms with E-state index in [0.29, 0.717) is 24.4 Å². The van der Waals surface area contributed by atoms with Crippen LogP contribution in [0.2, 0.25) is 0 Å². The van der Waals surface area contributed by atoms with Crippen LogP contribution in [0.3, 0.4) is 0 Å². The molecule has 0 aromatic carbocycles. The summed E-state index contributed by atoms with van der Waals surface area (Å²) in [5.74, 6) is -0.631. The molecule has 1 rings (SSSR count). The number of ether oxygens (including phenoxy) is 2. The van der Waals surface area contributed by atoms with Crippen LogP contribution in [0.5, 0.6) is 0 Å². The fraction of sp³-hybridized carbons (Fsp3) is 0.854. The number of dihydropyridines is 1. The van der Waals surface area contributed by atoms with E-state index >= 15 is 0 Å². The van der Waals surface area contributed by atoms with Crippen molar-refractivity contribution in [2.45, 2.75) is 214 Å². The molecule has 0 aromatic rings. The zero-order chi connectivity index (χ0) is 33.5. The van der Waals surface area contributed by atoms with Gasteiger partial charge in [-0.3, -0.25) is 0 Å². The highest BCUT2D eigenvalue weighted by Gasteiger charge is 2.26. The summed E-state index contributed by atoms with van der Waals surface area (Å²) in [6.07, 6.45) is 36.8. The van der Waals surface area contributed by atoms with Gasteiger partial charge in [0.1, 0.15) is 0 Å². The lowest BCUT2D eigenvalue weighted by atomic mass is 9.98. The smallest absolute Gasteiger partial charge is 0.336 e. The second-order valence-corrected chi connectivity index (χ2v) is 14.0. The lowest BCUT2D eigenvalue weighted by molar-refractivity contribution is -0.139. The Hall–Kier alpha value is -1.78. The van der Waals surface area contributed by atoms with E-state index in [-0.39, 0.29) is 18.4 Å². The summed E-state index contributed by atoms with van der Waals surface area (Å²) in [6, 6.07) is 0. The third-order valence-corrected chi connectivity index (χ3v) is 9.59. The van der Waals surface area contributed by atoms with E-state index in [4.69, 9.17) is 9.47 Å². The van der Waals surface area contributed by atoms with Crippen molar-refractivity contribution in [3.63, 3.8) is 0 Å². The van der Waals surface area contributed by atoms with Gasteiger partial charge in [0.15, 0.2) is 0 Å². The molecule has 1 aliphatic rings. The van der Waals surface area contributed by atoms with E-state index in [1.165, 1.54) is 154 Å². The molecule has 268 valence electrons. The van der Waals surface area contributed by atoms with Crippen LogP contribution in [0.15, 0.2) is 22.5 Å². The molecule has 0 bridgehead atoms. The summed E-state index contributed by atoms with van der Waals surface area (Å²) in [5, 5.41) is 3.21. The zero-order valence-corrected chi connectivity index (χ0v) is 31.1. The van der Waals surface area contributed by atoms with Crippen molar-refractivity contribution >= 4 is 11.9 Å². The zero-order valence-electron chi connectivity index (χ0n) is 31.1. The average Bonchev–Trinajstić information content (AvgIpc) is 3.04. The van der Waals surface area contributed by atoms with Crippen molar-refractivity contribution in [2.24, 2.45) is 0 Å². The molecule has 0 spiro atoms. The van der Waals surface area contributed by atoms with Gasteiger partial charge in [-0.25, -0.2) is 9.59 Å². The molecular formula is C41H75NO4. The molecule has 0 saturated heterocycles. The molecule has 0 radical (unpaired) electrons. The number of nitrogens with one attached hydrogen (secondary N) is 1. The van der Waals surface area contributed by atoms with Crippen LogP contribution >= 0.6 is 0 Å². The maximum absolute atomic E-state index is 12.8. The first-order valence-corrected chi connectivity index (χ1v) is 20.0. The Morgan fingerprint density at radius 1 is 0.435 bits per heavy atom. The van der Waals surface area contributed by atoms with E-state index in [9.17, 15) is 9.59 Å². The Labute approximate surface area is 285 Å². The maximum atomic E-state index is 12.8. The highest BCUT2D eigenvalue weighted by molar-refractivity contribution is 5.96. The van der Waals surface area contributed by atoms with Crippen LogP contribution in [0.1, 0.15) is 214 Å². The van der Waals surface area contributed by atoms with Crippen molar-refractivity contribution < 1.29 is 19.1 Å². The van der Waals surface area contributed by atoms with E-state index in [2.05, 4.69) is 19.2 Å². The van der Waals surface area contributed by atoms with Crippen LogP contribution in [-0.2, 0) is 19.1 Å². The molecule has 1 aliphatic heterocycles. The number of hydrogen-bond acceptors (Lipinski definition) is 5. The molecule has 0 aliphatic carbocycles. The molecule has 46 heavy (non-hydrogen) atoms. The van der Waals surface area contributed by atoms with Crippen LogP contribution in [0.25, 0.3) is 0 Å². The first kappa shape index (κ1) is 42.2. The third-order valence-electron chi connectivity index (χ3n) is 9.59. The number of rotatable bonds is 32. The van der Waals surface area contributed by atoms with Gasteiger partial charge in [0.25, 0.3) is 0 Å². The normalized spacial score (nSPS) is 13.3. The quantitative estimate of drug-likeness (QED) is 0.0582. The molecule has 5 heteroatoms. The summed E-state index contributed by atoms with van der Waals surface area (Å²) in [4.78, 5) is 25.7. The van der Waals surface area contributed by atoms with Crippen molar-refractivity contribution in [1.82, 2.24) is 5.32 Å². The fourth-order valence-corrected chi connectivity index (χ4v) is 6.42. The Balaban J connectivity index is 2.06. The van der Waals surface area contributed by atoms with E-state index in [1.54, 1.807) is 0 Å². The Morgan fingerprint density at radius 2 is 0.674 bits per heavy atom. The van der Waals surface area contributed by atoms with Crippen molar-refractivity contribution in [2.75, 3.05) is 13.2 Å². The molecular weight excluding hydrogens is 570 g/mol. The van der Waals surface area contributed by atoms with Crippen LogP contribution in [0, 0.1) is 0 Å². The molecule has 0 saturated carbocycles. The van der Waals surface area contributed by atoms with Crippen molar-refractivity contribution in [1.29, 1.82) is 0 Å². The largest absolute Gasteiger partial charge is 0.462 e. The molecule has 0 unspecified atom stereocenters. The number of unbranched alkanes of at least 4 members (excludes halogenated alkanes) is 26. The molecule has 0 aromatic heterocycles. The molecule has 1 N–H and O–H groups in total. The maximum Gasteiger partial charge on any atom is 0.336 e. The van der Waals surface area contributed by atoms with Gasteiger partial charge >= 0.3 is 11.9 Å². The topological polar surface area (TPSA) is 64.6 Å². The monoisotopic (exact) mass is 646 g/mol. The van der Waals surface area contributed by atoms with E-state index < -0.39 is 0 Å². The lowest BCUT2D eigenvalue weighted by Crippen LogP contribution is -2.27. The minimum Gasteiger partial charge on any atom is -0.462 e. The minimum atomic E-state index is -0.315. The second kappa shape index (κ2) is 30.5. The molecule has 1 heterocycles. The summed E-state index contributed by atoms with van der Waals surface area (Å²) >= 11 is 0. The number of carbonyl (C=O) groups excluding carboxylic acids is 2. The van der Waals surface area contributed by atoms with E-state index in [0.717, 1.165) is 37.1 Å². The second-order valence-electron chi connectivity index (χ2n) is 14.0. The Kier molecular flexibility index (Phi) is 28.1. The van der Waals surface area contributed by atoms with Gasteiger partial charge in [0, 0.05) is 17.8 Å². The number of carbonyl (C=O) groups is 2. The number of allylic oxidation sites excluding steroid dienone is 2. The Morgan fingerprint density at radius 3 is 0.935 bits per heavy atom. The van der Waals surface area contributed by atoms with Gasteiger partial charge < -0.3 is 14.8 Å². The third kappa shape index (κ3) is 22.7. The van der Waals surface area contributed by atoms with Crippen molar-refractivity contribution in [3.8, 4) is 0 Å². The summed E-state index contributed by atoms with van der Waals surface area (Å²) < 4.78 is 11.2. The molecule has 5 nitrogen and oxygen atoms in total. The van der Waals surface area contributed by atoms with Crippen LogP contribution in [-0.4, -0.2) is 25.2 Å². The highest BCUT2D eigenvalue weighted by atomic mass is 16.5. The number of hydrogen-bond donors (Lipinski definition) is 1. The van der Waals surface area contributed by atoms with Crippen LogP contribution < -0.4 is 5.32 Å². The SMILES string of the molecule is CCCCCCCCCCCCCCCCOC(=O)C1=C(C)NC(C)=C(C(=O)OCCCCCCCCCCCCCCCC)C1.